The zero-order valence-electron chi connectivity index (χ0n) is 12.6. The van der Waals surface area contributed by atoms with Crippen molar-refractivity contribution < 1.29 is 19.1 Å². The van der Waals surface area contributed by atoms with E-state index in [1.165, 1.54) is 5.01 Å². The zero-order chi connectivity index (χ0) is 17.1. The highest BCUT2D eigenvalue weighted by molar-refractivity contribution is 9.10. The lowest BCUT2D eigenvalue weighted by atomic mass is 10.1. The van der Waals surface area contributed by atoms with Crippen molar-refractivity contribution in [3.8, 4) is 0 Å². The summed E-state index contributed by atoms with van der Waals surface area (Å²) in [5, 5.41) is 12.0. The van der Waals surface area contributed by atoms with Crippen molar-refractivity contribution in [3.05, 3.63) is 64.5 Å². The minimum Gasteiger partial charge on any atom is -0.550 e. The first-order chi connectivity index (χ1) is 11.5. The highest BCUT2D eigenvalue weighted by Crippen LogP contribution is 2.32. The van der Waals surface area contributed by atoms with Crippen LogP contribution in [0, 0.1) is 0 Å². The summed E-state index contributed by atoms with van der Waals surface area (Å²) in [6, 6.07) is 10.8. The molecule has 0 aliphatic carbocycles. The molecule has 7 heteroatoms. The molecule has 124 valence electrons. The van der Waals surface area contributed by atoms with E-state index in [0.29, 0.717) is 11.5 Å². The summed E-state index contributed by atoms with van der Waals surface area (Å²) < 4.78 is 6.30. The van der Waals surface area contributed by atoms with E-state index in [2.05, 4.69) is 21.4 Å². The number of nitrogens with zero attached hydrogens (tertiary/aromatic N) is 1. The average molecular weight is 390 g/mol. The standard InChI is InChI=1S/C17H15BrN2O4/c18-12-5-3-11(4-6-12)14-10-13(15-2-1-9-24-15)19-20(14)16(21)7-8-17(22)23/h1-6,9-10,14,19H,7-8H2,(H,22,23)/p-1/t14-/m1/s1. The van der Waals surface area contributed by atoms with Gasteiger partial charge >= 0.3 is 0 Å². The number of hydrogen-bond donors (Lipinski definition) is 1. The number of carboxylic acid groups (broad SMARTS) is 1. The van der Waals surface area contributed by atoms with Crippen LogP contribution >= 0.6 is 15.9 Å². The molecule has 1 aromatic carbocycles. The van der Waals surface area contributed by atoms with Crippen LogP contribution in [0.25, 0.3) is 5.70 Å². The average Bonchev–Trinajstić information content (AvgIpc) is 3.22. The van der Waals surface area contributed by atoms with Gasteiger partial charge in [-0.2, -0.15) is 0 Å². The van der Waals surface area contributed by atoms with Gasteiger partial charge in [-0.1, -0.05) is 28.1 Å². The van der Waals surface area contributed by atoms with Crippen molar-refractivity contribution in [3.63, 3.8) is 0 Å². The fourth-order valence-electron chi connectivity index (χ4n) is 2.49. The van der Waals surface area contributed by atoms with Crippen LogP contribution in [0.2, 0.25) is 0 Å². The zero-order valence-corrected chi connectivity index (χ0v) is 14.2. The number of nitrogens with one attached hydrogen (secondary N) is 1. The van der Waals surface area contributed by atoms with E-state index in [-0.39, 0.29) is 24.8 Å². The Labute approximate surface area is 146 Å². The number of carbonyl (C=O) groups is 2. The van der Waals surface area contributed by atoms with Crippen molar-refractivity contribution in [2.45, 2.75) is 18.9 Å². The van der Waals surface area contributed by atoms with Gasteiger partial charge in [0, 0.05) is 16.9 Å². The molecule has 1 amide bonds. The number of carbonyl (C=O) groups excluding carboxylic acids is 2. The molecular formula is C17H14BrN2O4-. The minimum atomic E-state index is -1.25. The number of furan rings is 1. The topological polar surface area (TPSA) is 85.6 Å². The van der Waals surface area contributed by atoms with E-state index in [1.54, 1.807) is 18.4 Å². The molecule has 0 unspecified atom stereocenters. The first-order valence-electron chi connectivity index (χ1n) is 7.34. The normalized spacial score (nSPS) is 16.6. The highest BCUT2D eigenvalue weighted by atomic mass is 79.9. The molecule has 2 heterocycles. The Bertz CT molecular complexity index is 768. The summed E-state index contributed by atoms with van der Waals surface area (Å²) in [6.45, 7) is 0. The number of amides is 1. The maximum Gasteiger partial charge on any atom is 0.242 e. The lowest BCUT2D eigenvalue weighted by Crippen LogP contribution is -2.40. The molecule has 0 saturated heterocycles. The minimum absolute atomic E-state index is 0.137. The fourth-order valence-corrected chi connectivity index (χ4v) is 2.75. The van der Waals surface area contributed by atoms with Crippen molar-refractivity contribution >= 4 is 33.5 Å². The smallest absolute Gasteiger partial charge is 0.242 e. The van der Waals surface area contributed by atoms with Gasteiger partial charge in [0.1, 0.15) is 0 Å². The van der Waals surface area contributed by atoms with Crippen LogP contribution in [0.15, 0.2) is 57.6 Å². The molecule has 6 nitrogen and oxygen atoms in total. The van der Waals surface area contributed by atoms with Crippen LogP contribution in [0.4, 0.5) is 0 Å². The van der Waals surface area contributed by atoms with E-state index in [9.17, 15) is 14.7 Å². The van der Waals surface area contributed by atoms with Crippen LogP contribution in [0.5, 0.6) is 0 Å². The van der Waals surface area contributed by atoms with Crippen molar-refractivity contribution in [2.24, 2.45) is 0 Å². The van der Waals surface area contributed by atoms with Gasteiger partial charge in [0.15, 0.2) is 5.76 Å². The van der Waals surface area contributed by atoms with Gasteiger partial charge in [0.25, 0.3) is 0 Å². The molecule has 3 rings (SSSR count). The van der Waals surface area contributed by atoms with E-state index in [1.807, 2.05) is 30.3 Å². The van der Waals surface area contributed by atoms with Gasteiger partial charge in [0.05, 0.1) is 18.0 Å². The monoisotopic (exact) mass is 389 g/mol. The summed E-state index contributed by atoms with van der Waals surface area (Å²) in [5.74, 6) is -0.973. The van der Waals surface area contributed by atoms with E-state index < -0.39 is 5.97 Å². The molecule has 1 atom stereocenters. The molecule has 24 heavy (non-hydrogen) atoms. The largest absolute Gasteiger partial charge is 0.550 e. The van der Waals surface area contributed by atoms with Gasteiger partial charge in [-0.3, -0.25) is 10.2 Å². The number of rotatable bonds is 5. The van der Waals surface area contributed by atoms with Crippen LogP contribution in [-0.4, -0.2) is 16.9 Å². The Morgan fingerprint density at radius 3 is 2.58 bits per heavy atom. The molecule has 0 fully saturated rings. The van der Waals surface area contributed by atoms with Gasteiger partial charge in [0.2, 0.25) is 5.91 Å². The third kappa shape index (κ3) is 3.51. The van der Waals surface area contributed by atoms with Gasteiger partial charge in [-0.15, -0.1) is 0 Å². The fraction of sp³-hybridized carbons (Fsp3) is 0.176. The lowest BCUT2D eigenvalue weighted by molar-refractivity contribution is -0.305. The molecular weight excluding hydrogens is 376 g/mol. The molecule has 0 spiro atoms. The SMILES string of the molecule is O=C([O-])CCC(=O)N1NC(c2ccco2)=C[C@@H]1c1ccc(Br)cc1. The van der Waals surface area contributed by atoms with Gasteiger partial charge in [-0.05, 0) is 42.3 Å². The predicted octanol–water partition coefficient (Wildman–Crippen LogP) is 2.00. The maximum atomic E-state index is 12.4. The van der Waals surface area contributed by atoms with Crippen LogP contribution < -0.4 is 10.5 Å². The van der Waals surface area contributed by atoms with Crippen LogP contribution in [-0.2, 0) is 9.59 Å². The first-order valence-corrected chi connectivity index (χ1v) is 8.13. The molecule has 0 saturated carbocycles. The Morgan fingerprint density at radius 2 is 1.96 bits per heavy atom. The van der Waals surface area contributed by atoms with Gasteiger partial charge < -0.3 is 14.3 Å². The van der Waals surface area contributed by atoms with Crippen molar-refractivity contribution in [1.82, 2.24) is 10.4 Å². The summed E-state index contributed by atoms with van der Waals surface area (Å²) in [4.78, 5) is 23.0. The first kappa shape index (κ1) is 16.3. The third-order valence-corrected chi connectivity index (χ3v) is 4.18. The molecule has 0 bridgehead atoms. The summed E-state index contributed by atoms with van der Waals surface area (Å²) in [7, 11) is 0. The summed E-state index contributed by atoms with van der Waals surface area (Å²) in [6.07, 6.45) is 2.97. The Morgan fingerprint density at radius 1 is 1.21 bits per heavy atom. The number of benzene rings is 1. The number of aliphatic carboxylic acids is 1. The second kappa shape index (κ2) is 6.92. The summed E-state index contributed by atoms with van der Waals surface area (Å²) in [5.41, 5.74) is 4.57. The van der Waals surface area contributed by atoms with Gasteiger partial charge in [-0.25, -0.2) is 5.01 Å². The number of carboxylic acids is 1. The van der Waals surface area contributed by atoms with Crippen LogP contribution in [0.3, 0.4) is 0 Å². The van der Waals surface area contributed by atoms with Crippen molar-refractivity contribution in [1.29, 1.82) is 0 Å². The second-order valence-corrected chi connectivity index (χ2v) is 6.22. The van der Waals surface area contributed by atoms with E-state index >= 15 is 0 Å². The molecule has 2 aromatic rings. The quantitative estimate of drug-likeness (QED) is 0.844. The third-order valence-electron chi connectivity index (χ3n) is 3.65. The highest BCUT2D eigenvalue weighted by Gasteiger charge is 2.31. The number of hydrazine groups is 1. The maximum absolute atomic E-state index is 12.4. The van der Waals surface area contributed by atoms with Crippen molar-refractivity contribution in [2.75, 3.05) is 0 Å². The molecule has 1 aliphatic rings. The second-order valence-electron chi connectivity index (χ2n) is 5.30. The predicted molar refractivity (Wildman–Crippen MR) is 87.8 cm³/mol. The van der Waals surface area contributed by atoms with E-state index in [4.69, 9.17) is 4.42 Å². The molecule has 1 aliphatic heterocycles. The molecule has 1 N–H and O–H groups in total. The summed E-state index contributed by atoms with van der Waals surface area (Å²) >= 11 is 3.38. The lowest BCUT2D eigenvalue weighted by Gasteiger charge is -2.25. The molecule has 1 aromatic heterocycles. The Kier molecular flexibility index (Phi) is 4.71. The van der Waals surface area contributed by atoms with E-state index in [0.717, 1.165) is 10.0 Å². The molecule has 0 radical (unpaired) electrons. The number of hydrogen-bond acceptors (Lipinski definition) is 5. The number of halogens is 1. The Hall–Kier alpha value is -2.54. The van der Waals surface area contributed by atoms with Crippen LogP contribution in [0.1, 0.15) is 30.2 Å². The Balaban J connectivity index is 1.87.